The summed E-state index contributed by atoms with van der Waals surface area (Å²) in [5, 5.41) is 7.72. The molecule has 1 aromatic heterocycles. The second-order valence-corrected chi connectivity index (χ2v) is 6.49. The summed E-state index contributed by atoms with van der Waals surface area (Å²) in [4.78, 5) is 0. The molecule has 18 heavy (non-hydrogen) atoms. The van der Waals surface area contributed by atoms with Crippen LogP contribution in [0.1, 0.15) is 31.4 Å². The summed E-state index contributed by atoms with van der Waals surface area (Å²) in [6, 6.07) is 2.79. The molecule has 1 unspecified atom stereocenters. The maximum absolute atomic E-state index is 4.23. The lowest BCUT2D eigenvalue weighted by atomic mass is 9.92. The minimum atomic E-state index is 0.660. The summed E-state index contributed by atoms with van der Waals surface area (Å²) in [6.07, 6.45) is 8.41. The zero-order valence-corrected chi connectivity index (χ0v) is 12.4. The van der Waals surface area contributed by atoms with Gasteiger partial charge in [-0.05, 0) is 62.6 Å². The number of hydrogen-bond donors (Lipinski definition) is 1. The first kappa shape index (κ1) is 13.9. The van der Waals surface area contributed by atoms with Gasteiger partial charge in [-0.15, -0.1) is 0 Å². The van der Waals surface area contributed by atoms with E-state index in [9.17, 15) is 0 Å². The summed E-state index contributed by atoms with van der Waals surface area (Å²) in [6.45, 7) is 0. The van der Waals surface area contributed by atoms with Gasteiger partial charge < -0.3 is 5.32 Å². The van der Waals surface area contributed by atoms with E-state index >= 15 is 0 Å². The van der Waals surface area contributed by atoms with Gasteiger partial charge in [0.2, 0.25) is 0 Å². The average molecular weight is 267 g/mol. The molecular weight excluding hydrogens is 242 g/mol. The number of rotatable bonds is 6. The highest BCUT2D eigenvalue weighted by molar-refractivity contribution is 7.99. The monoisotopic (exact) mass is 267 g/mol. The molecule has 1 aliphatic rings. The van der Waals surface area contributed by atoms with Crippen LogP contribution in [0.2, 0.25) is 0 Å². The topological polar surface area (TPSA) is 29.9 Å². The maximum Gasteiger partial charge on any atom is 0.0492 e. The van der Waals surface area contributed by atoms with Crippen LogP contribution in [-0.2, 0) is 13.5 Å². The fourth-order valence-corrected chi connectivity index (χ4v) is 3.94. The van der Waals surface area contributed by atoms with Crippen molar-refractivity contribution in [3.8, 4) is 0 Å². The van der Waals surface area contributed by atoms with E-state index in [-0.39, 0.29) is 0 Å². The summed E-state index contributed by atoms with van der Waals surface area (Å²) in [7, 11) is 4.13. The van der Waals surface area contributed by atoms with Crippen molar-refractivity contribution in [2.24, 2.45) is 13.0 Å². The third kappa shape index (κ3) is 4.02. The molecule has 4 heteroatoms. The molecule has 1 aromatic rings. The lowest BCUT2D eigenvalue weighted by molar-refractivity contribution is 0.363. The maximum atomic E-state index is 4.23. The van der Waals surface area contributed by atoms with E-state index in [2.05, 4.69) is 35.3 Å². The molecule has 1 aliphatic heterocycles. The molecular formula is C14H25N3S. The van der Waals surface area contributed by atoms with Gasteiger partial charge in [-0.2, -0.15) is 16.9 Å². The van der Waals surface area contributed by atoms with Crippen molar-refractivity contribution >= 4 is 11.8 Å². The molecule has 0 aromatic carbocycles. The van der Waals surface area contributed by atoms with Crippen LogP contribution in [0.15, 0.2) is 12.3 Å². The van der Waals surface area contributed by atoms with Crippen LogP contribution < -0.4 is 5.32 Å². The van der Waals surface area contributed by atoms with Crippen molar-refractivity contribution < 1.29 is 0 Å². The molecule has 0 aliphatic carbocycles. The zero-order chi connectivity index (χ0) is 12.8. The molecule has 1 atom stereocenters. The predicted molar refractivity (Wildman–Crippen MR) is 79.0 cm³/mol. The van der Waals surface area contributed by atoms with Crippen LogP contribution in [-0.4, -0.2) is 34.4 Å². The molecule has 1 fully saturated rings. The summed E-state index contributed by atoms with van der Waals surface area (Å²) < 4.78 is 1.99. The van der Waals surface area contributed by atoms with E-state index in [0.717, 1.165) is 12.3 Å². The van der Waals surface area contributed by atoms with Gasteiger partial charge in [0.15, 0.2) is 0 Å². The standard InChI is InChI=1S/C14H25N3S/c1-15-13(11-12-6-9-18-10-7-12)3-4-14-5-8-16-17(14)2/h5,8,12-13,15H,3-4,6-7,9-11H2,1-2H3. The Morgan fingerprint density at radius 3 is 2.89 bits per heavy atom. The number of aryl methyl sites for hydroxylation is 2. The van der Waals surface area contributed by atoms with Crippen molar-refractivity contribution in [1.82, 2.24) is 15.1 Å². The Balaban J connectivity index is 1.76. The molecule has 1 N–H and O–H groups in total. The molecule has 0 saturated carbocycles. The Labute approximate surface area is 115 Å². The highest BCUT2D eigenvalue weighted by Gasteiger charge is 2.18. The van der Waals surface area contributed by atoms with Crippen molar-refractivity contribution in [3.63, 3.8) is 0 Å². The quantitative estimate of drug-likeness (QED) is 0.859. The van der Waals surface area contributed by atoms with Gasteiger partial charge in [0.1, 0.15) is 0 Å². The van der Waals surface area contributed by atoms with Gasteiger partial charge in [-0.3, -0.25) is 4.68 Å². The lowest BCUT2D eigenvalue weighted by Crippen LogP contribution is -2.29. The second kappa shape index (κ2) is 7.19. The van der Waals surface area contributed by atoms with Gasteiger partial charge >= 0.3 is 0 Å². The fraction of sp³-hybridized carbons (Fsp3) is 0.786. The summed E-state index contributed by atoms with van der Waals surface area (Å²) >= 11 is 2.11. The molecule has 0 amide bonds. The van der Waals surface area contributed by atoms with E-state index in [0.29, 0.717) is 6.04 Å². The first-order valence-corrected chi connectivity index (χ1v) is 8.17. The van der Waals surface area contributed by atoms with Crippen LogP contribution in [0.5, 0.6) is 0 Å². The molecule has 0 bridgehead atoms. The molecule has 102 valence electrons. The van der Waals surface area contributed by atoms with Crippen LogP contribution >= 0.6 is 11.8 Å². The molecule has 1 saturated heterocycles. The second-order valence-electron chi connectivity index (χ2n) is 5.26. The molecule has 2 heterocycles. The van der Waals surface area contributed by atoms with Gasteiger partial charge in [0, 0.05) is 25.0 Å². The Kier molecular flexibility index (Phi) is 5.57. The zero-order valence-electron chi connectivity index (χ0n) is 11.6. The predicted octanol–water partition coefficient (Wildman–Crippen LogP) is 2.47. The van der Waals surface area contributed by atoms with Crippen molar-refractivity contribution in [2.75, 3.05) is 18.6 Å². The largest absolute Gasteiger partial charge is 0.317 e. The summed E-state index contributed by atoms with van der Waals surface area (Å²) in [5.41, 5.74) is 1.34. The highest BCUT2D eigenvalue weighted by atomic mass is 32.2. The summed E-state index contributed by atoms with van der Waals surface area (Å²) in [5.74, 6) is 3.67. The Morgan fingerprint density at radius 1 is 1.50 bits per heavy atom. The SMILES string of the molecule is CNC(CCc1ccnn1C)CC1CCSCC1. The van der Waals surface area contributed by atoms with E-state index < -0.39 is 0 Å². The number of thioether (sulfide) groups is 1. The third-order valence-electron chi connectivity index (χ3n) is 4.04. The first-order chi connectivity index (χ1) is 8.79. The van der Waals surface area contributed by atoms with E-state index in [1.165, 1.54) is 42.9 Å². The third-order valence-corrected chi connectivity index (χ3v) is 5.09. The van der Waals surface area contributed by atoms with Crippen LogP contribution in [0.3, 0.4) is 0 Å². The minimum Gasteiger partial charge on any atom is -0.317 e. The van der Waals surface area contributed by atoms with Crippen LogP contribution in [0, 0.1) is 5.92 Å². The number of aromatic nitrogens is 2. The van der Waals surface area contributed by atoms with Gasteiger partial charge in [-0.25, -0.2) is 0 Å². The average Bonchev–Trinajstić information content (AvgIpc) is 2.81. The molecule has 2 rings (SSSR count). The molecule has 0 spiro atoms. The van der Waals surface area contributed by atoms with Crippen molar-refractivity contribution in [2.45, 2.75) is 38.1 Å². The lowest BCUT2D eigenvalue weighted by Gasteiger charge is -2.26. The van der Waals surface area contributed by atoms with E-state index in [4.69, 9.17) is 0 Å². The van der Waals surface area contributed by atoms with Crippen LogP contribution in [0.4, 0.5) is 0 Å². The Hall–Kier alpha value is -0.480. The first-order valence-electron chi connectivity index (χ1n) is 7.01. The number of hydrogen-bond acceptors (Lipinski definition) is 3. The van der Waals surface area contributed by atoms with Crippen molar-refractivity contribution in [1.29, 1.82) is 0 Å². The van der Waals surface area contributed by atoms with Gasteiger partial charge in [0.25, 0.3) is 0 Å². The fourth-order valence-electron chi connectivity index (χ4n) is 2.73. The molecule has 0 radical (unpaired) electrons. The molecule has 3 nitrogen and oxygen atoms in total. The Bertz CT molecular complexity index is 345. The van der Waals surface area contributed by atoms with Crippen molar-refractivity contribution in [3.05, 3.63) is 18.0 Å². The van der Waals surface area contributed by atoms with E-state index in [1.807, 2.05) is 17.9 Å². The van der Waals surface area contributed by atoms with Crippen LogP contribution in [0.25, 0.3) is 0 Å². The minimum absolute atomic E-state index is 0.660. The van der Waals surface area contributed by atoms with Gasteiger partial charge in [-0.1, -0.05) is 0 Å². The Morgan fingerprint density at radius 2 is 2.28 bits per heavy atom. The number of nitrogens with zero attached hydrogens (tertiary/aromatic N) is 2. The van der Waals surface area contributed by atoms with Gasteiger partial charge in [0.05, 0.1) is 0 Å². The number of nitrogens with one attached hydrogen (secondary N) is 1. The smallest absolute Gasteiger partial charge is 0.0492 e. The van der Waals surface area contributed by atoms with E-state index in [1.54, 1.807) is 0 Å². The highest BCUT2D eigenvalue weighted by Crippen LogP contribution is 2.27. The normalized spacial score (nSPS) is 19.0.